The number of carbonyl (C=O) groups excluding carboxylic acids is 1. The van der Waals surface area contributed by atoms with E-state index in [-0.39, 0.29) is 5.92 Å². The lowest BCUT2D eigenvalue weighted by Gasteiger charge is -2.23. The summed E-state index contributed by atoms with van der Waals surface area (Å²) >= 11 is 0. The summed E-state index contributed by atoms with van der Waals surface area (Å²) in [5, 5.41) is 15.1. The van der Waals surface area contributed by atoms with E-state index in [2.05, 4.69) is 20.8 Å². The Bertz CT molecular complexity index is 601. The highest BCUT2D eigenvalue weighted by atomic mass is 16.5. The third kappa shape index (κ3) is 2.80. The summed E-state index contributed by atoms with van der Waals surface area (Å²) in [5.41, 5.74) is 1.11. The van der Waals surface area contributed by atoms with Crippen molar-refractivity contribution in [3.8, 4) is 0 Å². The van der Waals surface area contributed by atoms with Gasteiger partial charge in [-0.2, -0.15) is 0 Å². The second-order valence-electron chi connectivity index (χ2n) is 4.98. The Morgan fingerprint density at radius 3 is 3.00 bits per heavy atom. The third-order valence-electron chi connectivity index (χ3n) is 3.67. The zero-order chi connectivity index (χ0) is 14.7. The fourth-order valence-corrected chi connectivity index (χ4v) is 2.65. The molecule has 3 heterocycles. The zero-order valence-corrected chi connectivity index (χ0v) is 11.8. The number of nitrogens with zero attached hydrogens (tertiary/aromatic N) is 4. The first-order valence-corrected chi connectivity index (χ1v) is 6.91. The maximum Gasteiger partial charge on any atom is 0.360 e. The molecule has 0 radical (unpaired) electrons. The first-order chi connectivity index (χ1) is 10.3. The van der Waals surface area contributed by atoms with Crippen molar-refractivity contribution in [2.75, 3.05) is 20.2 Å². The molecule has 1 N–H and O–H groups in total. The summed E-state index contributed by atoms with van der Waals surface area (Å²) < 4.78 is 11.6. The molecule has 0 bridgehead atoms. The van der Waals surface area contributed by atoms with E-state index >= 15 is 0 Å². The maximum absolute atomic E-state index is 11.9. The van der Waals surface area contributed by atoms with Gasteiger partial charge in [0.25, 0.3) is 0 Å². The van der Waals surface area contributed by atoms with Gasteiger partial charge in [0, 0.05) is 12.0 Å². The van der Waals surface area contributed by atoms with Crippen LogP contribution in [0.4, 0.5) is 0 Å². The highest BCUT2D eigenvalue weighted by Crippen LogP contribution is 2.28. The molecule has 1 aliphatic heterocycles. The van der Waals surface area contributed by atoms with Crippen LogP contribution in [0.5, 0.6) is 0 Å². The predicted octanol–water partition coefficient (Wildman–Crippen LogP) is 0.568. The molecule has 0 atom stereocenters. The van der Waals surface area contributed by atoms with Gasteiger partial charge in [-0.25, -0.2) is 9.48 Å². The average molecular weight is 291 g/mol. The lowest BCUT2D eigenvalue weighted by Crippen LogP contribution is -2.29. The van der Waals surface area contributed by atoms with Crippen LogP contribution < -0.4 is 5.32 Å². The molecule has 1 fully saturated rings. The van der Waals surface area contributed by atoms with Gasteiger partial charge in [0.2, 0.25) is 0 Å². The van der Waals surface area contributed by atoms with E-state index in [4.69, 9.17) is 9.26 Å². The fraction of sp³-hybridized carbons (Fsp3) is 0.538. The number of piperidine rings is 1. The summed E-state index contributed by atoms with van der Waals surface area (Å²) in [5.74, 6) is 0.456. The van der Waals surface area contributed by atoms with Gasteiger partial charge >= 0.3 is 5.97 Å². The molecule has 1 aliphatic rings. The first-order valence-electron chi connectivity index (χ1n) is 6.91. The van der Waals surface area contributed by atoms with Crippen LogP contribution in [-0.4, -0.2) is 46.3 Å². The van der Waals surface area contributed by atoms with Crippen LogP contribution in [0.15, 0.2) is 16.8 Å². The van der Waals surface area contributed by atoms with Crippen molar-refractivity contribution in [1.82, 2.24) is 25.5 Å². The molecule has 0 amide bonds. The fourth-order valence-electron chi connectivity index (χ4n) is 2.65. The lowest BCUT2D eigenvalue weighted by atomic mass is 9.93. The zero-order valence-electron chi connectivity index (χ0n) is 11.8. The number of methoxy groups -OCH3 is 1. The van der Waals surface area contributed by atoms with Crippen molar-refractivity contribution in [2.45, 2.75) is 25.3 Å². The van der Waals surface area contributed by atoms with Crippen LogP contribution >= 0.6 is 0 Å². The number of aromatic nitrogens is 4. The molecule has 2 aromatic heterocycles. The Balaban J connectivity index is 1.94. The molecular weight excluding hydrogens is 274 g/mol. The molecule has 3 rings (SSSR count). The van der Waals surface area contributed by atoms with Crippen molar-refractivity contribution >= 4 is 5.97 Å². The van der Waals surface area contributed by atoms with E-state index in [1.165, 1.54) is 7.11 Å². The largest absolute Gasteiger partial charge is 0.464 e. The van der Waals surface area contributed by atoms with E-state index in [1.54, 1.807) is 16.9 Å². The molecule has 0 spiro atoms. The van der Waals surface area contributed by atoms with E-state index in [0.717, 1.165) is 31.6 Å². The third-order valence-corrected chi connectivity index (χ3v) is 3.67. The van der Waals surface area contributed by atoms with Crippen LogP contribution in [0.3, 0.4) is 0 Å². The van der Waals surface area contributed by atoms with Crippen molar-refractivity contribution in [1.29, 1.82) is 0 Å². The second kappa shape index (κ2) is 6.04. The van der Waals surface area contributed by atoms with Gasteiger partial charge in [0.1, 0.15) is 6.54 Å². The normalized spacial score (nSPS) is 16.0. The standard InChI is InChI=1S/C13H17N5O3/c1-20-13(19)11-12(9-2-5-14-6-3-9)18(17-16-11)8-10-4-7-15-21-10/h4,7,9,14H,2-3,5-6,8H2,1H3. The predicted molar refractivity (Wildman–Crippen MR) is 71.8 cm³/mol. The number of ether oxygens (including phenoxy) is 1. The molecule has 21 heavy (non-hydrogen) atoms. The van der Waals surface area contributed by atoms with Crippen LogP contribution in [0.25, 0.3) is 0 Å². The molecule has 0 aromatic carbocycles. The summed E-state index contributed by atoms with van der Waals surface area (Å²) in [4.78, 5) is 11.9. The Hall–Kier alpha value is -2.22. The second-order valence-corrected chi connectivity index (χ2v) is 4.98. The van der Waals surface area contributed by atoms with E-state index in [9.17, 15) is 4.79 Å². The molecule has 0 saturated carbocycles. The quantitative estimate of drug-likeness (QED) is 0.823. The molecular formula is C13H17N5O3. The van der Waals surface area contributed by atoms with Gasteiger partial charge in [-0.3, -0.25) is 0 Å². The highest BCUT2D eigenvalue weighted by molar-refractivity contribution is 5.88. The van der Waals surface area contributed by atoms with Crippen molar-refractivity contribution < 1.29 is 14.1 Å². The first kappa shape index (κ1) is 13.7. The molecule has 0 unspecified atom stereocenters. The summed E-state index contributed by atoms with van der Waals surface area (Å²) in [6.07, 6.45) is 3.46. The van der Waals surface area contributed by atoms with Gasteiger partial charge in [0.15, 0.2) is 11.5 Å². The number of carbonyl (C=O) groups is 1. The van der Waals surface area contributed by atoms with E-state index in [1.807, 2.05) is 0 Å². The lowest BCUT2D eigenvalue weighted by molar-refractivity contribution is 0.0591. The molecule has 1 saturated heterocycles. The Kier molecular flexibility index (Phi) is 3.96. The molecule has 8 nitrogen and oxygen atoms in total. The topological polar surface area (TPSA) is 95.1 Å². The maximum atomic E-state index is 11.9. The van der Waals surface area contributed by atoms with Crippen molar-refractivity contribution in [3.63, 3.8) is 0 Å². The number of hydrogen-bond donors (Lipinski definition) is 1. The monoisotopic (exact) mass is 291 g/mol. The smallest absolute Gasteiger partial charge is 0.360 e. The van der Waals surface area contributed by atoms with E-state index < -0.39 is 5.97 Å². The summed E-state index contributed by atoms with van der Waals surface area (Å²) in [6, 6.07) is 1.77. The minimum absolute atomic E-state index is 0.235. The van der Waals surface area contributed by atoms with Gasteiger partial charge in [-0.1, -0.05) is 10.4 Å². The molecule has 8 heteroatoms. The van der Waals surface area contributed by atoms with Gasteiger partial charge < -0.3 is 14.6 Å². The molecule has 0 aliphatic carbocycles. The van der Waals surface area contributed by atoms with E-state index in [0.29, 0.717) is 18.0 Å². The van der Waals surface area contributed by atoms with Crippen LogP contribution in [0, 0.1) is 0 Å². The number of esters is 1. The Morgan fingerprint density at radius 1 is 1.52 bits per heavy atom. The minimum atomic E-state index is -0.452. The van der Waals surface area contributed by atoms with Crippen molar-refractivity contribution in [2.24, 2.45) is 0 Å². The van der Waals surface area contributed by atoms with Crippen LogP contribution in [0.1, 0.15) is 40.7 Å². The van der Waals surface area contributed by atoms with Crippen molar-refractivity contribution in [3.05, 3.63) is 29.4 Å². The average Bonchev–Trinajstić information content (AvgIpc) is 3.17. The van der Waals surface area contributed by atoms with Gasteiger partial charge in [0.05, 0.1) is 19.0 Å². The van der Waals surface area contributed by atoms with Gasteiger partial charge in [-0.15, -0.1) is 5.10 Å². The van der Waals surface area contributed by atoms with Crippen LogP contribution in [0.2, 0.25) is 0 Å². The summed E-state index contributed by atoms with van der Waals surface area (Å²) in [6.45, 7) is 2.24. The SMILES string of the molecule is COC(=O)c1nnn(Cc2ccno2)c1C1CCNCC1. The number of nitrogens with one attached hydrogen (secondary N) is 1. The number of hydrogen-bond acceptors (Lipinski definition) is 7. The molecule has 112 valence electrons. The Morgan fingerprint density at radius 2 is 2.33 bits per heavy atom. The highest BCUT2D eigenvalue weighted by Gasteiger charge is 2.28. The van der Waals surface area contributed by atoms with Crippen LogP contribution in [-0.2, 0) is 11.3 Å². The number of rotatable bonds is 4. The summed E-state index contributed by atoms with van der Waals surface area (Å²) in [7, 11) is 1.35. The minimum Gasteiger partial charge on any atom is -0.464 e. The molecule has 2 aromatic rings. The Labute approximate surface area is 121 Å². The van der Waals surface area contributed by atoms with Gasteiger partial charge in [-0.05, 0) is 25.9 Å².